The number of imidazole rings is 2. The molecule has 0 bridgehead atoms. The lowest BCUT2D eigenvalue weighted by Crippen LogP contribution is -2.47. The molecule has 2 aromatic heterocycles. The largest absolute Gasteiger partial charge is 0.480 e. The fourth-order valence-electron chi connectivity index (χ4n) is 1.76. The van der Waals surface area contributed by atoms with E-state index in [2.05, 4.69) is 25.3 Å². The van der Waals surface area contributed by atoms with Crippen molar-refractivity contribution < 1.29 is 14.7 Å². The van der Waals surface area contributed by atoms with Crippen molar-refractivity contribution in [2.24, 2.45) is 0 Å². The first kappa shape index (κ1) is 14.6. The minimum absolute atomic E-state index is 0.135. The van der Waals surface area contributed by atoms with Crippen LogP contribution in [0.2, 0.25) is 0 Å². The SMILES string of the molecule is CN(Cc1ncc[nH]1)C(=O)N[C@@H](Cc1cnc[nH]1)C(=O)O. The number of amides is 2. The third-order valence-corrected chi connectivity index (χ3v) is 2.86. The molecular weight excluding hydrogens is 276 g/mol. The van der Waals surface area contributed by atoms with E-state index in [1.807, 2.05) is 0 Å². The normalized spacial score (nSPS) is 11.9. The van der Waals surface area contributed by atoms with E-state index in [1.54, 1.807) is 19.4 Å². The maximum Gasteiger partial charge on any atom is 0.326 e. The van der Waals surface area contributed by atoms with Gasteiger partial charge in [0.25, 0.3) is 0 Å². The Hall–Kier alpha value is -2.84. The van der Waals surface area contributed by atoms with Crippen LogP contribution in [-0.4, -0.2) is 55.0 Å². The summed E-state index contributed by atoms with van der Waals surface area (Å²) >= 11 is 0. The molecule has 2 aromatic rings. The van der Waals surface area contributed by atoms with Gasteiger partial charge < -0.3 is 25.3 Å². The number of carbonyl (C=O) groups is 2. The van der Waals surface area contributed by atoms with E-state index < -0.39 is 18.0 Å². The highest BCUT2D eigenvalue weighted by Crippen LogP contribution is 2.01. The number of carbonyl (C=O) groups excluding carboxylic acids is 1. The number of urea groups is 1. The van der Waals surface area contributed by atoms with E-state index in [1.165, 1.54) is 17.4 Å². The predicted octanol–water partition coefficient (Wildman–Crippen LogP) is -0.0299. The maximum absolute atomic E-state index is 12.0. The van der Waals surface area contributed by atoms with Gasteiger partial charge in [-0.15, -0.1) is 0 Å². The van der Waals surface area contributed by atoms with Crippen molar-refractivity contribution in [3.05, 3.63) is 36.4 Å². The predicted molar refractivity (Wildman–Crippen MR) is 72.3 cm³/mol. The Morgan fingerprint density at radius 3 is 2.86 bits per heavy atom. The Labute approximate surface area is 120 Å². The van der Waals surface area contributed by atoms with Gasteiger partial charge in [-0.2, -0.15) is 0 Å². The summed E-state index contributed by atoms with van der Waals surface area (Å²) in [6.07, 6.45) is 6.35. The Kier molecular flexibility index (Phi) is 4.54. The lowest BCUT2D eigenvalue weighted by molar-refractivity contribution is -0.139. The first-order valence-electron chi connectivity index (χ1n) is 6.26. The van der Waals surface area contributed by atoms with Crippen LogP contribution in [0, 0.1) is 0 Å². The van der Waals surface area contributed by atoms with Crippen molar-refractivity contribution >= 4 is 12.0 Å². The average molecular weight is 292 g/mol. The summed E-state index contributed by atoms with van der Waals surface area (Å²) in [5.74, 6) is -0.488. The number of aliphatic carboxylic acids is 1. The zero-order valence-electron chi connectivity index (χ0n) is 11.4. The van der Waals surface area contributed by atoms with Gasteiger partial charge in [-0.3, -0.25) is 0 Å². The van der Waals surface area contributed by atoms with Gasteiger partial charge in [0.15, 0.2) is 0 Å². The smallest absolute Gasteiger partial charge is 0.326 e. The van der Waals surface area contributed by atoms with E-state index in [0.29, 0.717) is 11.5 Å². The molecule has 0 aliphatic rings. The van der Waals surface area contributed by atoms with Gasteiger partial charge in [-0.05, 0) is 0 Å². The van der Waals surface area contributed by atoms with Crippen LogP contribution < -0.4 is 5.32 Å². The molecule has 9 heteroatoms. The first-order chi connectivity index (χ1) is 10.1. The van der Waals surface area contributed by atoms with Crippen LogP contribution in [-0.2, 0) is 17.8 Å². The van der Waals surface area contributed by atoms with E-state index in [0.717, 1.165) is 0 Å². The summed E-state index contributed by atoms with van der Waals surface area (Å²) < 4.78 is 0. The number of nitrogens with zero attached hydrogens (tertiary/aromatic N) is 3. The van der Waals surface area contributed by atoms with E-state index in [9.17, 15) is 14.7 Å². The van der Waals surface area contributed by atoms with Gasteiger partial charge in [0.05, 0.1) is 12.9 Å². The summed E-state index contributed by atoms with van der Waals surface area (Å²) in [6, 6.07) is -1.52. The average Bonchev–Trinajstić information content (AvgIpc) is 3.10. The third-order valence-electron chi connectivity index (χ3n) is 2.86. The number of hydrogen-bond acceptors (Lipinski definition) is 4. The molecule has 0 spiro atoms. The molecule has 9 nitrogen and oxygen atoms in total. The van der Waals surface area contributed by atoms with E-state index in [4.69, 9.17) is 0 Å². The van der Waals surface area contributed by atoms with Crippen molar-refractivity contribution in [1.82, 2.24) is 30.2 Å². The molecule has 0 fully saturated rings. The molecule has 1 atom stereocenters. The second-order valence-corrected chi connectivity index (χ2v) is 4.51. The molecule has 0 aromatic carbocycles. The van der Waals surface area contributed by atoms with E-state index in [-0.39, 0.29) is 13.0 Å². The molecule has 2 heterocycles. The Morgan fingerprint density at radius 1 is 1.48 bits per heavy atom. The topological polar surface area (TPSA) is 127 Å². The number of carboxylic acid groups (broad SMARTS) is 1. The van der Waals surface area contributed by atoms with Crippen LogP contribution in [0.15, 0.2) is 24.9 Å². The van der Waals surface area contributed by atoms with Gasteiger partial charge in [0.2, 0.25) is 0 Å². The number of aromatic nitrogens is 4. The maximum atomic E-state index is 12.0. The summed E-state index contributed by atoms with van der Waals surface area (Å²) in [6.45, 7) is 0.259. The van der Waals surface area contributed by atoms with Crippen molar-refractivity contribution in [2.75, 3.05) is 7.05 Å². The molecule has 112 valence electrons. The fourth-order valence-corrected chi connectivity index (χ4v) is 1.76. The van der Waals surface area contributed by atoms with Gasteiger partial charge in [-0.1, -0.05) is 0 Å². The molecule has 0 aliphatic heterocycles. The van der Waals surface area contributed by atoms with Gasteiger partial charge in [0.1, 0.15) is 11.9 Å². The quantitative estimate of drug-likeness (QED) is 0.594. The molecule has 4 N–H and O–H groups in total. The highest BCUT2D eigenvalue weighted by molar-refractivity contribution is 5.82. The molecule has 21 heavy (non-hydrogen) atoms. The van der Waals surface area contributed by atoms with Gasteiger partial charge in [-0.25, -0.2) is 19.6 Å². The standard InChI is InChI=1S/C12H16N6O3/c1-18(6-10-14-2-3-15-10)12(21)17-9(11(19)20)4-8-5-13-7-16-8/h2-3,5,7,9H,4,6H2,1H3,(H,13,16)(H,14,15)(H,17,21)(H,19,20)/t9-/m0/s1. The fraction of sp³-hybridized carbons (Fsp3) is 0.333. The lowest BCUT2D eigenvalue weighted by Gasteiger charge is -2.20. The zero-order valence-corrected chi connectivity index (χ0v) is 11.4. The van der Waals surface area contributed by atoms with Gasteiger partial charge in [0, 0.05) is 37.8 Å². The molecule has 0 unspecified atom stereocenters. The number of aromatic amines is 2. The number of hydrogen-bond donors (Lipinski definition) is 4. The monoisotopic (exact) mass is 292 g/mol. The molecule has 2 rings (SSSR count). The molecular formula is C12H16N6O3. The Balaban J connectivity index is 1.92. The number of rotatable bonds is 6. The highest BCUT2D eigenvalue weighted by Gasteiger charge is 2.23. The minimum atomic E-state index is -1.11. The van der Waals surface area contributed by atoms with E-state index >= 15 is 0 Å². The third kappa shape index (κ3) is 4.06. The van der Waals surface area contributed by atoms with Crippen LogP contribution in [0.3, 0.4) is 0 Å². The summed E-state index contributed by atoms with van der Waals surface area (Å²) in [4.78, 5) is 38.1. The van der Waals surface area contributed by atoms with Crippen LogP contribution in [0.1, 0.15) is 11.5 Å². The van der Waals surface area contributed by atoms with Crippen LogP contribution in [0.4, 0.5) is 4.79 Å². The Bertz CT molecular complexity index is 580. The second-order valence-electron chi connectivity index (χ2n) is 4.51. The van der Waals surface area contributed by atoms with Crippen LogP contribution >= 0.6 is 0 Å². The van der Waals surface area contributed by atoms with Crippen molar-refractivity contribution in [1.29, 1.82) is 0 Å². The van der Waals surface area contributed by atoms with Crippen LogP contribution in [0.5, 0.6) is 0 Å². The molecule has 0 saturated heterocycles. The molecule has 0 saturated carbocycles. The number of nitrogens with one attached hydrogen (secondary N) is 3. The molecule has 0 radical (unpaired) electrons. The molecule has 2 amide bonds. The zero-order chi connectivity index (χ0) is 15.2. The summed E-state index contributed by atoms with van der Waals surface area (Å²) in [5.41, 5.74) is 0.636. The van der Waals surface area contributed by atoms with Crippen molar-refractivity contribution in [3.8, 4) is 0 Å². The number of H-pyrrole nitrogens is 2. The summed E-state index contributed by atoms with van der Waals surface area (Å²) in [5, 5.41) is 11.6. The van der Waals surface area contributed by atoms with Gasteiger partial charge >= 0.3 is 12.0 Å². The van der Waals surface area contributed by atoms with Crippen LogP contribution in [0.25, 0.3) is 0 Å². The summed E-state index contributed by atoms with van der Waals surface area (Å²) in [7, 11) is 1.56. The first-order valence-corrected chi connectivity index (χ1v) is 6.26. The molecule has 0 aliphatic carbocycles. The highest BCUT2D eigenvalue weighted by atomic mass is 16.4. The van der Waals surface area contributed by atoms with Crippen molar-refractivity contribution in [3.63, 3.8) is 0 Å². The number of carboxylic acids is 1. The lowest BCUT2D eigenvalue weighted by atomic mass is 10.1. The Morgan fingerprint density at radius 2 is 2.29 bits per heavy atom. The second kappa shape index (κ2) is 6.55. The minimum Gasteiger partial charge on any atom is -0.480 e. The van der Waals surface area contributed by atoms with Crippen molar-refractivity contribution in [2.45, 2.75) is 19.0 Å².